The van der Waals surface area contributed by atoms with Gasteiger partial charge in [-0.25, -0.2) is 0 Å². The number of ether oxygens (including phenoxy) is 3. The first kappa shape index (κ1) is 24.4. The van der Waals surface area contributed by atoms with Crippen molar-refractivity contribution in [1.29, 1.82) is 0 Å². The molecular weight excluding hydrogens is 466 g/mol. The number of rotatable bonds is 10. The van der Waals surface area contributed by atoms with Crippen LogP contribution < -0.4 is 14.2 Å². The number of unbranched alkanes of at least 4 members (excludes halogenated alkanes) is 1. The van der Waals surface area contributed by atoms with Crippen molar-refractivity contribution in [3.8, 4) is 28.5 Å². The molecule has 0 spiro atoms. The number of carbonyl (C=O) groups is 1. The fraction of sp³-hybridized carbons (Fsp3) is 0.267. The molecule has 7 nitrogen and oxygen atoms in total. The van der Waals surface area contributed by atoms with E-state index in [-0.39, 0.29) is 11.9 Å². The standard InChI is InChI=1S/C30H31N3O4/c1-4-5-18-37-25-16-10-22(11-17-25)29-26-27(21-8-14-24(36-3)15-9-21)31-32-28(26)30(34)33(29)19-20-6-12-23(35-2)13-7-20/h6-17,29H,4-5,18-19H2,1-3H3,(H,31,32). The lowest BCUT2D eigenvalue weighted by Crippen LogP contribution is -2.29. The smallest absolute Gasteiger partial charge is 0.273 e. The van der Waals surface area contributed by atoms with Crippen molar-refractivity contribution in [2.24, 2.45) is 0 Å². The number of nitrogens with zero attached hydrogens (tertiary/aromatic N) is 2. The van der Waals surface area contributed by atoms with Gasteiger partial charge in [-0.3, -0.25) is 9.89 Å². The highest BCUT2D eigenvalue weighted by Gasteiger charge is 2.42. The van der Waals surface area contributed by atoms with E-state index in [1.165, 1.54) is 0 Å². The first-order chi connectivity index (χ1) is 18.1. The normalized spacial score (nSPS) is 14.5. The van der Waals surface area contributed by atoms with E-state index >= 15 is 0 Å². The van der Waals surface area contributed by atoms with Crippen LogP contribution in [0.4, 0.5) is 0 Å². The molecule has 0 saturated heterocycles. The molecule has 5 rings (SSSR count). The summed E-state index contributed by atoms with van der Waals surface area (Å²) < 4.78 is 16.5. The van der Waals surface area contributed by atoms with Crippen LogP contribution in [0.25, 0.3) is 11.3 Å². The van der Waals surface area contributed by atoms with Crippen molar-refractivity contribution < 1.29 is 19.0 Å². The quantitative estimate of drug-likeness (QED) is 0.271. The van der Waals surface area contributed by atoms with Crippen LogP contribution >= 0.6 is 0 Å². The molecule has 1 N–H and O–H groups in total. The minimum Gasteiger partial charge on any atom is -0.497 e. The number of hydrogen-bond acceptors (Lipinski definition) is 5. The van der Waals surface area contributed by atoms with Gasteiger partial charge in [0.05, 0.1) is 32.6 Å². The molecule has 1 unspecified atom stereocenters. The second-order valence-electron chi connectivity index (χ2n) is 9.04. The Morgan fingerprint density at radius 2 is 1.49 bits per heavy atom. The van der Waals surface area contributed by atoms with E-state index in [0.717, 1.165) is 58.0 Å². The second-order valence-corrected chi connectivity index (χ2v) is 9.04. The Labute approximate surface area is 217 Å². The Bertz CT molecular complexity index is 1350. The molecule has 0 saturated carbocycles. The third kappa shape index (κ3) is 4.89. The number of aromatic amines is 1. The first-order valence-electron chi connectivity index (χ1n) is 12.5. The van der Waals surface area contributed by atoms with Crippen molar-refractivity contribution in [2.45, 2.75) is 32.4 Å². The lowest BCUT2D eigenvalue weighted by atomic mass is 9.95. The van der Waals surface area contributed by atoms with Gasteiger partial charge in [-0.2, -0.15) is 5.10 Å². The maximum Gasteiger partial charge on any atom is 0.273 e. The average molecular weight is 498 g/mol. The SMILES string of the molecule is CCCCOc1ccc(C2c3c(-c4ccc(OC)cc4)n[nH]c3C(=O)N2Cc2ccc(OC)cc2)cc1. The predicted molar refractivity (Wildman–Crippen MR) is 142 cm³/mol. The lowest BCUT2D eigenvalue weighted by Gasteiger charge is -2.27. The molecule has 190 valence electrons. The number of aromatic nitrogens is 2. The van der Waals surface area contributed by atoms with Crippen molar-refractivity contribution in [1.82, 2.24) is 15.1 Å². The van der Waals surface area contributed by atoms with Crippen LogP contribution in [0.5, 0.6) is 17.2 Å². The molecule has 37 heavy (non-hydrogen) atoms. The van der Waals surface area contributed by atoms with E-state index in [1.807, 2.05) is 77.7 Å². The Morgan fingerprint density at radius 1 is 0.865 bits per heavy atom. The number of H-pyrrole nitrogens is 1. The van der Waals surface area contributed by atoms with Gasteiger partial charge in [-0.1, -0.05) is 37.6 Å². The number of hydrogen-bond donors (Lipinski definition) is 1. The van der Waals surface area contributed by atoms with Gasteiger partial charge in [0.15, 0.2) is 0 Å². The molecule has 0 radical (unpaired) electrons. The molecule has 1 amide bonds. The molecule has 4 aromatic rings. The summed E-state index contributed by atoms with van der Waals surface area (Å²) in [6.07, 6.45) is 2.10. The monoisotopic (exact) mass is 497 g/mol. The van der Waals surface area contributed by atoms with E-state index in [9.17, 15) is 4.79 Å². The van der Waals surface area contributed by atoms with Gasteiger partial charge in [-0.05, 0) is 66.1 Å². The van der Waals surface area contributed by atoms with E-state index in [2.05, 4.69) is 17.1 Å². The van der Waals surface area contributed by atoms with Gasteiger partial charge < -0.3 is 19.1 Å². The molecule has 7 heteroatoms. The average Bonchev–Trinajstić information content (AvgIpc) is 3.49. The summed E-state index contributed by atoms with van der Waals surface area (Å²) in [4.78, 5) is 15.6. The highest BCUT2D eigenvalue weighted by atomic mass is 16.5. The van der Waals surface area contributed by atoms with Crippen LogP contribution in [0.3, 0.4) is 0 Å². The summed E-state index contributed by atoms with van der Waals surface area (Å²) in [5.41, 5.74) is 5.09. The van der Waals surface area contributed by atoms with Crippen LogP contribution in [-0.2, 0) is 6.54 Å². The van der Waals surface area contributed by atoms with Gasteiger partial charge in [0.2, 0.25) is 0 Å². The third-order valence-electron chi connectivity index (χ3n) is 6.70. The van der Waals surface area contributed by atoms with Crippen LogP contribution in [0.2, 0.25) is 0 Å². The molecule has 1 aliphatic heterocycles. The molecule has 1 aromatic heterocycles. The van der Waals surface area contributed by atoms with Crippen molar-refractivity contribution >= 4 is 5.91 Å². The van der Waals surface area contributed by atoms with Crippen LogP contribution in [-0.4, -0.2) is 41.8 Å². The molecule has 3 aromatic carbocycles. The lowest BCUT2D eigenvalue weighted by molar-refractivity contribution is 0.0730. The minimum absolute atomic E-state index is 0.0775. The molecule has 1 aliphatic rings. The zero-order valence-corrected chi connectivity index (χ0v) is 21.4. The topological polar surface area (TPSA) is 76.7 Å². The molecule has 0 fully saturated rings. The molecule has 0 bridgehead atoms. The Kier molecular flexibility index (Phi) is 7.12. The van der Waals surface area contributed by atoms with Gasteiger partial charge >= 0.3 is 0 Å². The number of nitrogens with one attached hydrogen (secondary N) is 1. The summed E-state index contributed by atoms with van der Waals surface area (Å²) in [5, 5.41) is 7.59. The van der Waals surface area contributed by atoms with E-state index in [1.54, 1.807) is 14.2 Å². The van der Waals surface area contributed by atoms with Crippen molar-refractivity contribution in [2.75, 3.05) is 20.8 Å². The summed E-state index contributed by atoms with van der Waals surface area (Å²) in [7, 11) is 3.29. The summed E-state index contributed by atoms with van der Waals surface area (Å²) >= 11 is 0. The number of methoxy groups -OCH3 is 2. The van der Waals surface area contributed by atoms with E-state index in [4.69, 9.17) is 14.2 Å². The van der Waals surface area contributed by atoms with Crippen LogP contribution in [0.15, 0.2) is 72.8 Å². The molecule has 1 atom stereocenters. The van der Waals surface area contributed by atoms with Gasteiger partial charge in [0, 0.05) is 17.7 Å². The maximum absolute atomic E-state index is 13.7. The van der Waals surface area contributed by atoms with Gasteiger partial charge in [0.25, 0.3) is 5.91 Å². The van der Waals surface area contributed by atoms with E-state index in [0.29, 0.717) is 18.8 Å². The predicted octanol–water partition coefficient (Wildman–Crippen LogP) is 6.02. The van der Waals surface area contributed by atoms with Crippen molar-refractivity contribution in [3.63, 3.8) is 0 Å². The zero-order chi connectivity index (χ0) is 25.8. The largest absolute Gasteiger partial charge is 0.497 e. The Balaban J connectivity index is 1.53. The summed E-state index contributed by atoms with van der Waals surface area (Å²) in [6, 6.07) is 23.3. The number of amides is 1. The highest BCUT2D eigenvalue weighted by molar-refractivity contribution is 6.00. The zero-order valence-electron chi connectivity index (χ0n) is 21.4. The molecule has 0 aliphatic carbocycles. The molecular formula is C30H31N3O4. The highest BCUT2D eigenvalue weighted by Crippen LogP contribution is 2.44. The van der Waals surface area contributed by atoms with Crippen LogP contribution in [0.1, 0.15) is 53.0 Å². The fourth-order valence-electron chi connectivity index (χ4n) is 4.68. The Hall–Kier alpha value is -4.26. The summed E-state index contributed by atoms with van der Waals surface area (Å²) in [6.45, 7) is 3.28. The third-order valence-corrected chi connectivity index (χ3v) is 6.70. The fourth-order valence-corrected chi connectivity index (χ4v) is 4.68. The van der Waals surface area contributed by atoms with E-state index < -0.39 is 0 Å². The van der Waals surface area contributed by atoms with Crippen molar-refractivity contribution in [3.05, 3.63) is 95.2 Å². The number of benzene rings is 3. The summed E-state index contributed by atoms with van der Waals surface area (Å²) in [5.74, 6) is 2.30. The van der Waals surface area contributed by atoms with Gasteiger partial charge in [0.1, 0.15) is 22.9 Å². The number of fused-ring (bicyclic) bond motifs is 1. The maximum atomic E-state index is 13.7. The molecule has 2 heterocycles. The number of carbonyl (C=O) groups excluding carboxylic acids is 1. The minimum atomic E-state index is -0.301. The van der Waals surface area contributed by atoms with Crippen LogP contribution in [0, 0.1) is 0 Å². The Morgan fingerprint density at radius 3 is 2.11 bits per heavy atom. The van der Waals surface area contributed by atoms with Gasteiger partial charge in [-0.15, -0.1) is 0 Å². The first-order valence-corrected chi connectivity index (χ1v) is 12.5. The second kappa shape index (κ2) is 10.8.